The third kappa shape index (κ3) is 4.09. The Morgan fingerprint density at radius 2 is 1.93 bits per heavy atom. The van der Waals surface area contributed by atoms with E-state index in [9.17, 15) is 0 Å². The smallest absolute Gasteiger partial charge is 0.0558 e. The van der Waals surface area contributed by atoms with Gasteiger partial charge in [-0.2, -0.15) is 0 Å². The lowest BCUT2D eigenvalue weighted by atomic mass is 10.0. The standard InChI is InChI=1S/C12H26N2O/c1-2-8-14(9-10-15)12-7-5-3-4-6-11(12)13/h11-12,15H,2-10,13H2,1H3. The minimum atomic E-state index is 0.253. The van der Waals surface area contributed by atoms with Gasteiger partial charge in [0.05, 0.1) is 6.61 Å². The maximum Gasteiger partial charge on any atom is 0.0558 e. The monoisotopic (exact) mass is 214 g/mol. The van der Waals surface area contributed by atoms with E-state index in [-0.39, 0.29) is 6.61 Å². The maximum absolute atomic E-state index is 9.07. The minimum absolute atomic E-state index is 0.253. The van der Waals surface area contributed by atoms with Gasteiger partial charge in [0.15, 0.2) is 0 Å². The molecule has 3 heteroatoms. The first kappa shape index (κ1) is 12.9. The number of hydrogen-bond acceptors (Lipinski definition) is 3. The SMILES string of the molecule is CCCN(CCO)C1CCCCCC1N. The molecule has 0 saturated heterocycles. The lowest BCUT2D eigenvalue weighted by molar-refractivity contribution is 0.128. The van der Waals surface area contributed by atoms with Crippen LogP contribution in [0.25, 0.3) is 0 Å². The molecule has 3 N–H and O–H groups in total. The van der Waals surface area contributed by atoms with Crippen LogP contribution in [-0.4, -0.2) is 41.8 Å². The van der Waals surface area contributed by atoms with Crippen LogP contribution < -0.4 is 5.73 Å². The second-order valence-corrected chi connectivity index (χ2v) is 4.63. The van der Waals surface area contributed by atoms with Gasteiger partial charge >= 0.3 is 0 Å². The molecule has 0 aromatic heterocycles. The number of nitrogens with two attached hydrogens (primary N) is 1. The predicted octanol–water partition coefficient (Wildman–Crippen LogP) is 1.35. The zero-order valence-electron chi connectivity index (χ0n) is 9.99. The summed E-state index contributed by atoms with van der Waals surface area (Å²) in [5.41, 5.74) is 6.22. The van der Waals surface area contributed by atoms with Crippen molar-refractivity contribution in [3.8, 4) is 0 Å². The summed E-state index contributed by atoms with van der Waals surface area (Å²) < 4.78 is 0. The molecule has 90 valence electrons. The minimum Gasteiger partial charge on any atom is -0.395 e. The summed E-state index contributed by atoms with van der Waals surface area (Å²) in [4.78, 5) is 2.38. The second kappa shape index (κ2) is 7.20. The van der Waals surface area contributed by atoms with Gasteiger partial charge in [-0.1, -0.05) is 26.2 Å². The Hall–Kier alpha value is -0.120. The van der Waals surface area contributed by atoms with Gasteiger partial charge in [-0.15, -0.1) is 0 Å². The third-order valence-corrected chi connectivity index (χ3v) is 3.40. The fraction of sp³-hybridized carbons (Fsp3) is 1.00. The first-order chi connectivity index (χ1) is 7.29. The van der Waals surface area contributed by atoms with Crippen molar-refractivity contribution >= 4 is 0 Å². The number of aliphatic hydroxyl groups excluding tert-OH is 1. The van der Waals surface area contributed by atoms with Crippen molar-refractivity contribution in [3.05, 3.63) is 0 Å². The lowest BCUT2D eigenvalue weighted by Gasteiger charge is -2.34. The van der Waals surface area contributed by atoms with E-state index < -0.39 is 0 Å². The van der Waals surface area contributed by atoms with Crippen LogP contribution in [0.15, 0.2) is 0 Å². The van der Waals surface area contributed by atoms with Gasteiger partial charge in [0.25, 0.3) is 0 Å². The molecule has 0 bridgehead atoms. The summed E-state index contributed by atoms with van der Waals surface area (Å²) in [6.07, 6.45) is 7.39. The Kier molecular flexibility index (Phi) is 6.22. The molecule has 1 rings (SSSR count). The Balaban J connectivity index is 2.52. The van der Waals surface area contributed by atoms with Crippen LogP contribution in [0.3, 0.4) is 0 Å². The first-order valence-corrected chi connectivity index (χ1v) is 6.40. The summed E-state index contributed by atoms with van der Waals surface area (Å²) in [5.74, 6) is 0. The van der Waals surface area contributed by atoms with Crippen molar-refractivity contribution in [2.24, 2.45) is 5.73 Å². The largest absolute Gasteiger partial charge is 0.395 e. The normalized spacial score (nSPS) is 28.0. The van der Waals surface area contributed by atoms with Gasteiger partial charge in [0.1, 0.15) is 0 Å². The fourth-order valence-corrected chi connectivity index (χ4v) is 2.63. The van der Waals surface area contributed by atoms with Gasteiger partial charge in [-0.25, -0.2) is 0 Å². The Bertz CT molecular complexity index is 158. The average Bonchev–Trinajstić information content (AvgIpc) is 2.43. The highest BCUT2D eigenvalue weighted by Crippen LogP contribution is 2.21. The molecule has 2 unspecified atom stereocenters. The van der Waals surface area contributed by atoms with Gasteiger partial charge in [0, 0.05) is 18.6 Å². The van der Waals surface area contributed by atoms with E-state index >= 15 is 0 Å². The van der Waals surface area contributed by atoms with Crippen LogP contribution in [0, 0.1) is 0 Å². The van der Waals surface area contributed by atoms with Gasteiger partial charge in [-0.05, 0) is 25.8 Å². The van der Waals surface area contributed by atoms with Crippen LogP contribution >= 0.6 is 0 Å². The lowest BCUT2D eigenvalue weighted by Crippen LogP contribution is -2.48. The third-order valence-electron chi connectivity index (χ3n) is 3.40. The summed E-state index contributed by atoms with van der Waals surface area (Å²) in [5, 5.41) is 9.07. The molecule has 1 fully saturated rings. The molecule has 0 radical (unpaired) electrons. The van der Waals surface area contributed by atoms with Crippen LogP contribution in [0.2, 0.25) is 0 Å². The van der Waals surface area contributed by atoms with Crippen molar-refractivity contribution in [2.75, 3.05) is 19.7 Å². The first-order valence-electron chi connectivity index (χ1n) is 6.40. The Morgan fingerprint density at radius 1 is 1.20 bits per heavy atom. The molecule has 0 aromatic carbocycles. The zero-order valence-corrected chi connectivity index (χ0v) is 9.99. The number of aliphatic hydroxyl groups is 1. The molecule has 0 amide bonds. The topological polar surface area (TPSA) is 49.5 Å². The number of hydrogen-bond donors (Lipinski definition) is 2. The van der Waals surface area contributed by atoms with E-state index in [4.69, 9.17) is 10.8 Å². The molecule has 1 saturated carbocycles. The summed E-state index contributed by atoms with van der Waals surface area (Å²) in [7, 11) is 0. The van der Waals surface area contributed by atoms with Crippen molar-refractivity contribution in [1.29, 1.82) is 0 Å². The van der Waals surface area contributed by atoms with E-state index in [0.717, 1.165) is 25.9 Å². The van der Waals surface area contributed by atoms with Gasteiger partial charge in [-0.3, -0.25) is 4.90 Å². The highest BCUT2D eigenvalue weighted by molar-refractivity contribution is 4.84. The van der Waals surface area contributed by atoms with E-state index in [2.05, 4.69) is 11.8 Å². The van der Waals surface area contributed by atoms with Crippen LogP contribution in [-0.2, 0) is 0 Å². The van der Waals surface area contributed by atoms with Gasteiger partial charge < -0.3 is 10.8 Å². The highest BCUT2D eigenvalue weighted by Gasteiger charge is 2.25. The Labute approximate surface area is 93.6 Å². The molecule has 1 aliphatic rings. The zero-order chi connectivity index (χ0) is 11.1. The van der Waals surface area contributed by atoms with E-state index in [1.54, 1.807) is 0 Å². The van der Waals surface area contributed by atoms with Crippen molar-refractivity contribution < 1.29 is 5.11 Å². The summed E-state index contributed by atoms with van der Waals surface area (Å²) in [6.45, 7) is 4.29. The summed E-state index contributed by atoms with van der Waals surface area (Å²) >= 11 is 0. The van der Waals surface area contributed by atoms with Gasteiger partial charge in [0.2, 0.25) is 0 Å². The molecule has 0 spiro atoms. The molecule has 1 aliphatic carbocycles. The van der Waals surface area contributed by atoms with E-state index in [0.29, 0.717) is 12.1 Å². The molecule has 0 aromatic rings. The predicted molar refractivity (Wildman–Crippen MR) is 63.8 cm³/mol. The molecule has 2 atom stereocenters. The average molecular weight is 214 g/mol. The van der Waals surface area contributed by atoms with Crippen LogP contribution in [0.1, 0.15) is 45.4 Å². The Morgan fingerprint density at radius 3 is 2.60 bits per heavy atom. The van der Waals surface area contributed by atoms with Crippen LogP contribution in [0.4, 0.5) is 0 Å². The maximum atomic E-state index is 9.07. The van der Waals surface area contributed by atoms with Crippen molar-refractivity contribution in [2.45, 2.75) is 57.5 Å². The molecule has 0 heterocycles. The fourth-order valence-electron chi connectivity index (χ4n) is 2.63. The molecule has 15 heavy (non-hydrogen) atoms. The van der Waals surface area contributed by atoms with E-state index in [1.807, 2.05) is 0 Å². The molecule has 3 nitrogen and oxygen atoms in total. The quantitative estimate of drug-likeness (QED) is 0.679. The molecule has 0 aliphatic heterocycles. The molecular formula is C12H26N2O. The van der Waals surface area contributed by atoms with Crippen molar-refractivity contribution in [3.63, 3.8) is 0 Å². The number of nitrogens with zero attached hydrogens (tertiary/aromatic N) is 1. The summed E-state index contributed by atoms with van der Waals surface area (Å²) in [6, 6.07) is 0.810. The highest BCUT2D eigenvalue weighted by atomic mass is 16.3. The van der Waals surface area contributed by atoms with Crippen LogP contribution in [0.5, 0.6) is 0 Å². The second-order valence-electron chi connectivity index (χ2n) is 4.63. The number of rotatable bonds is 5. The van der Waals surface area contributed by atoms with Crippen molar-refractivity contribution in [1.82, 2.24) is 4.90 Å². The van der Waals surface area contributed by atoms with E-state index in [1.165, 1.54) is 25.7 Å². The molecular weight excluding hydrogens is 188 g/mol.